The minimum atomic E-state index is -0.805. The number of amides is 3. The fraction of sp³-hybridized carbons (Fsp3) is 0.595. The summed E-state index contributed by atoms with van der Waals surface area (Å²) >= 11 is 6.28. The molecule has 0 radical (unpaired) electrons. The Labute approximate surface area is 286 Å². The molecule has 4 rings (SSSR count). The van der Waals surface area contributed by atoms with Crippen LogP contribution in [0.4, 0.5) is 0 Å². The second kappa shape index (κ2) is 18.5. The largest absolute Gasteiger partial charge is 0.351 e. The van der Waals surface area contributed by atoms with Crippen LogP contribution in [0.15, 0.2) is 48.5 Å². The number of piperazine rings is 1. The molecule has 3 amide bonds. The second-order valence-electron chi connectivity index (χ2n) is 13.8. The summed E-state index contributed by atoms with van der Waals surface area (Å²) in [7, 11) is 2.17. The van der Waals surface area contributed by atoms with Crippen LogP contribution in [0.25, 0.3) is 0 Å². The minimum Gasteiger partial charge on any atom is -0.351 e. The van der Waals surface area contributed by atoms with Crippen molar-refractivity contribution in [2.45, 2.75) is 89.9 Å². The predicted molar refractivity (Wildman–Crippen MR) is 190 cm³/mol. The Balaban J connectivity index is 1.23. The van der Waals surface area contributed by atoms with E-state index in [-0.39, 0.29) is 35.6 Å². The number of benzene rings is 2. The summed E-state index contributed by atoms with van der Waals surface area (Å²) in [6, 6.07) is 13.8. The van der Waals surface area contributed by atoms with Crippen molar-refractivity contribution in [2.75, 3.05) is 46.3 Å². The van der Waals surface area contributed by atoms with Gasteiger partial charge in [-0.25, -0.2) is 0 Å². The Morgan fingerprint density at radius 2 is 1.64 bits per heavy atom. The maximum absolute atomic E-state index is 13.6. The molecule has 47 heavy (non-hydrogen) atoms. The van der Waals surface area contributed by atoms with Gasteiger partial charge in [0.05, 0.1) is 0 Å². The molecule has 1 saturated heterocycles. The molecule has 0 spiro atoms. The summed E-state index contributed by atoms with van der Waals surface area (Å²) in [6.45, 7) is 13.1. The Kier molecular flexibility index (Phi) is 14.5. The first kappa shape index (κ1) is 36.8. The van der Waals surface area contributed by atoms with Crippen LogP contribution in [0, 0.1) is 5.92 Å². The zero-order valence-corrected chi connectivity index (χ0v) is 29.5. The number of carbonyl (C=O) groups excluding carboxylic acids is 3. The molecule has 9 nitrogen and oxygen atoms in total. The van der Waals surface area contributed by atoms with Crippen molar-refractivity contribution >= 4 is 29.3 Å². The van der Waals surface area contributed by atoms with Gasteiger partial charge in [-0.3, -0.25) is 14.4 Å². The fourth-order valence-corrected chi connectivity index (χ4v) is 6.77. The van der Waals surface area contributed by atoms with Gasteiger partial charge >= 0.3 is 0 Å². The molecule has 258 valence electrons. The molecule has 4 N–H and O–H groups in total. The van der Waals surface area contributed by atoms with E-state index >= 15 is 0 Å². The third-order valence-electron chi connectivity index (χ3n) is 9.42. The lowest BCUT2D eigenvalue weighted by molar-refractivity contribution is -0.130. The molecule has 4 atom stereocenters. The van der Waals surface area contributed by atoms with E-state index in [2.05, 4.69) is 44.2 Å². The van der Waals surface area contributed by atoms with Gasteiger partial charge in [0.25, 0.3) is 5.91 Å². The molecule has 2 aromatic rings. The highest BCUT2D eigenvalue weighted by Gasteiger charge is 2.32. The van der Waals surface area contributed by atoms with Gasteiger partial charge in [-0.2, -0.15) is 0 Å². The average Bonchev–Trinajstić information content (AvgIpc) is 3.05. The molecule has 0 aromatic heterocycles. The van der Waals surface area contributed by atoms with Crippen LogP contribution in [-0.2, 0) is 16.1 Å². The number of nitrogens with one attached hydrogen (secondary N) is 4. The van der Waals surface area contributed by atoms with Crippen LogP contribution in [0.3, 0.4) is 0 Å². The van der Waals surface area contributed by atoms with E-state index in [9.17, 15) is 14.4 Å². The zero-order valence-electron chi connectivity index (χ0n) is 28.7. The van der Waals surface area contributed by atoms with Crippen LogP contribution in [0.1, 0.15) is 86.7 Å². The maximum Gasteiger partial charge on any atom is 0.251 e. The molecule has 2 aromatic carbocycles. The number of hydrogen-bond acceptors (Lipinski definition) is 6. The van der Waals surface area contributed by atoms with Crippen LogP contribution < -0.4 is 21.3 Å². The van der Waals surface area contributed by atoms with E-state index in [0.717, 1.165) is 89.0 Å². The summed E-state index contributed by atoms with van der Waals surface area (Å²) in [5.74, 6) is -0.527. The Morgan fingerprint density at radius 3 is 2.34 bits per heavy atom. The van der Waals surface area contributed by atoms with Crippen LogP contribution >= 0.6 is 11.6 Å². The van der Waals surface area contributed by atoms with Crippen molar-refractivity contribution in [1.29, 1.82) is 0 Å². The lowest BCUT2D eigenvalue weighted by Gasteiger charge is -2.34. The molecule has 10 heteroatoms. The fourth-order valence-electron chi connectivity index (χ4n) is 6.57. The molecule has 0 bridgehead atoms. The van der Waals surface area contributed by atoms with E-state index in [0.29, 0.717) is 17.0 Å². The van der Waals surface area contributed by atoms with Gasteiger partial charge in [-0.05, 0) is 94.1 Å². The SMILES string of the molecule is CC(C)C[C@H](NC(=O)[C@H](C)NC(=O)c1ccc(CNCCCN2CCN(C)CC2)cc1)C(=O)NC1CCCC[C@H]1c1cccc(Cl)c1. The molecule has 1 heterocycles. The van der Waals surface area contributed by atoms with Gasteiger partial charge in [0.15, 0.2) is 0 Å². The molecule has 1 saturated carbocycles. The van der Waals surface area contributed by atoms with Gasteiger partial charge < -0.3 is 31.1 Å². The second-order valence-corrected chi connectivity index (χ2v) is 14.3. The number of likely N-dealkylation sites (N-methyl/N-ethyl adjacent to an activating group) is 1. The lowest BCUT2D eigenvalue weighted by Crippen LogP contribution is -2.55. The lowest BCUT2D eigenvalue weighted by atomic mass is 9.80. The third kappa shape index (κ3) is 11.9. The highest BCUT2D eigenvalue weighted by molar-refractivity contribution is 6.30. The van der Waals surface area contributed by atoms with E-state index in [4.69, 9.17) is 11.6 Å². The molecule has 2 aliphatic rings. The Hall–Kier alpha value is -2.98. The number of nitrogens with zero attached hydrogens (tertiary/aromatic N) is 2. The summed E-state index contributed by atoms with van der Waals surface area (Å²) in [4.78, 5) is 44.7. The first-order chi connectivity index (χ1) is 22.6. The smallest absolute Gasteiger partial charge is 0.251 e. The molecular weight excluding hydrogens is 612 g/mol. The third-order valence-corrected chi connectivity index (χ3v) is 9.66. The van der Waals surface area contributed by atoms with Crippen molar-refractivity contribution in [1.82, 2.24) is 31.1 Å². The summed E-state index contributed by atoms with van der Waals surface area (Å²) in [5.41, 5.74) is 2.72. The Bertz CT molecular complexity index is 1300. The van der Waals surface area contributed by atoms with Crippen molar-refractivity contribution in [2.24, 2.45) is 5.92 Å². The minimum absolute atomic E-state index is 0.0290. The van der Waals surface area contributed by atoms with Crippen LogP contribution in [0.5, 0.6) is 0 Å². The highest BCUT2D eigenvalue weighted by Crippen LogP contribution is 2.34. The first-order valence-corrected chi connectivity index (χ1v) is 17.8. The van der Waals surface area contributed by atoms with Gasteiger partial charge in [0, 0.05) is 55.3 Å². The number of carbonyl (C=O) groups is 3. The predicted octanol–water partition coefficient (Wildman–Crippen LogP) is 4.56. The first-order valence-electron chi connectivity index (χ1n) is 17.5. The van der Waals surface area contributed by atoms with Gasteiger partial charge in [0.2, 0.25) is 11.8 Å². The number of rotatable bonds is 15. The summed E-state index contributed by atoms with van der Waals surface area (Å²) in [5, 5.41) is 13.2. The van der Waals surface area contributed by atoms with E-state index in [1.165, 1.54) is 0 Å². The van der Waals surface area contributed by atoms with Gasteiger partial charge in [-0.15, -0.1) is 0 Å². The molecular formula is C37H55ClN6O3. The molecule has 1 aliphatic heterocycles. The van der Waals surface area contributed by atoms with Crippen molar-refractivity contribution in [3.63, 3.8) is 0 Å². The van der Waals surface area contributed by atoms with Gasteiger partial charge in [-0.1, -0.05) is 62.6 Å². The monoisotopic (exact) mass is 666 g/mol. The topological polar surface area (TPSA) is 106 Å². The van der Waals surface area contributed by atoms with Crippen molar-refractivity contribution in [3.8, 4) is 0 Å². The number of hydrogen-bond donors (Lipinski definition) is 4. The molecule has 1 unspecified atom stereocenters. The standard InChI is InChI=1S/C37H55ClN6O3/c1-26(2)23-34(37(47)41-33-12-6-5-11-32(33)30-9-7-10-31(38)24-30)42-35(45)27(3)40-36(46)29-15-13-28(14-16-29)25-39-17-8-18-44-21-19-43(4)20-22-44/h7,9-10,13-16,24,26-27,32-34,39H,5-6,8,11-12,17-23,25H2,1-4H3,(H,40,46)(H,41,47)(H,42,45)/t27-,32-,33?,34-/m0/s1. The molecule has 1 aliphatic carbocycles. The highest BCUT2D eigenvalue weighted by atomic mass is 35.5. The quantitative estimate of drug-likeness (QED) is 0.208. The van der Waals surface area contributed by atoms with E-state index < -0.39 is 12.1 Å². The average molecular weight is 667 g/mol. The van der Waals surface area contributed by atoms with Crippen LogP contribution in [-0.4, -0.2) is 92.0 Å². The normalized spacial score (nSPS) is 20.4. The maximum atomic E-state index is 13.6. The molecule has 2 fully saturated rings. The van der Waals surface area contributed by atoms with Crippen molar-refractivity contribution < 1.29 is 14.4 Å². The van der Waals surface area contributed by atoms with Crippen molar-refractivity contribution in [3.05, 3.63) is 70.2 Å². The van der Waals surface area contributed by atoms with Gasteiger partial charge in [0.1, 0.15) is 12.1 Å². The number of halogens is 1. The summed E-state index contributed by atoms with van der Waals surface area (Å²) < 4.78 is 0. The van der Waals surface area contributed by atoms with Crippen LogP contribution in [0.2, 0.25) is 5.02 Å². The van der Waals surface area contributed by atoms with E-state index in [1.54, 1.807) is 19.1 Å². The van der Waals surface area contributed by atoms with E-state index in [1.807, 2.05) is 44.2 Å². The Morgan fingerprint density at radius 1 is 0.915 bits per heavy atom. The summed E-state index contributed by atoms with van der Waals surface area (Å²) in [6.07, 6.45) is 5.60. The zero-order chi connectivity index (χ0) is 33.8.